The number of carbonyl (C=O) groups excluding carboxylic acids is 2. The number of nitrogens with one attached hydrogen (secondary N) is 2. The van der Waals surface area contributed by atoms with E-state index < -0.39 is 5.54 Å². The minimum absolute atomic E-state index is 0.103. The minimum Gasteiger partial charge on any atom is -0.370 e. The zero-order chi connectivity index (χ0) is 15.5. The van der Waals surface area contributed by atoms with Gasteiger partial charge in [-0.15, -0.1) is 0 Å². The van der Waals surface area contributed by atoms with E-state index in [-0.39, 0.29) is 24.5 Å². The Balaban J connectivity index is 1.87. The fourth-order valence-electron chi connectivity index (χ4n) is 2.87. The number of nitrogens with two attached hydrogens (primary N) is 1. The Morgan fingerprint density at radius 1 is 1.48 bits per heavy atom. The third kappa shape index (κ3) is 3.28. The quantitative estimate of drug-likeness (QED) is 0.392. The van der Waals surface area contributed by atoms with Crippen LogP contribution in [0.2, 0.25) is 0 Å². The number of urea groups is 1. The van der Waals surface area contributed by atoms with Crippen molar-refractivity contribution in [1.29, 1.82) is 0 Å². The molecule has 1 aliphatic carbocycles. The number of rotatable bonds is 5. The van der Waals surface area contributed by atoms with Gasteiger partial charge in [-0.3, -0.25) is 14.7 Å². The fourth-order valence-corrected chi connectivity index (χ4v) is 2.87. The lowest BCUT2D eigenvalue weighted by atomic mass is 9.98. The van der Waals surface area contributed by atoms with E-state index >= 15 is 0 Å². The van der Waals surface area contributed by atoms with E-state index in [1.54, 1.807) is 0 Å². The number of hydrogen-bond acceptors (Lipinski definition) is 3. The van der Waals surface area contributed by atoms with Crippen molar-refractivity contribution >= 4 is 17.9 Å². The minimum atomic E-state index is -0.638. The Hall–Kier alpha value is -1.79. The predicted octanol–water partition coefficient (Wildman–Crippen LogP) is 0.554. The molecule has 1 aliphatic heterocycles. The number of imide groups is 1. The molecule has 1 saturated heterocycles. The van der Waals surface area contributed by atoms with E-state index in [2.05, 4.69) is 22.5 Å². The van der Waals surface area contributed by atoms with Crippen molar-refractivity contribution in [2.75, 3.05) is 13.1 Å². The summed E-state index contributed by atoms with van der Waals surface area (Å²) in [6.07, 6.45) is 4.42. The number of amides is 3. The summed E-state index contributed by atoms with van der Waals surface area (Å²) in [7, 11) is 0. The number of hydrogen-bond donors (Lipinski definition) is 3. The summed E-state index contributed by atoms with van der Waals surface area (Å²) in [5.74, 6) is 0.251. The molecule has 1 atom stereocenters. The molecule has 1 heterocycles. The van der Waals surface area contributed by atoms with Crippen molar-refractivity contribution in [1.82, 2.24) is 15.5 Å². The zero-order valence-corrected chi connectivity index (χ0v) is 12.8. The van der Waals surface area contributed by atoms with Gasteiger partial charge in [-0.1, -0.05) is 19.8 Å². The highest BCUT2D eigenvalue weighted by molar-refractivity contribution is 6.07. The normalized spacial score (nSPS) is 22.8. The Morgan fingerprint density at radius 2 is 2.14 bits per heavy atom. The smallest absolute Gasteiger partial charge is 0.325 e. The van der Waals surface area contributed by atoms with Crippen molar-refractivity contribution < 1.29 is 9.59 Å². The van der Waals surface area contributed by atoms with Crippen LogP contribution in [0.3, 0.4) is 0 Å². The Labute approximate surface area is 125 Å². The number of aliphatic imine (C=N–C) groups is 1. The summed E-state index contributed by atoms with van der Waals surface area (Å²) >= 11 is 0. The van der Waals surface area contributed by atoms with Crippen LogP contribution >= 0.6 is 0 Å². The summed E-state index contributed by atoms with van der Waals surface area (Å²) in [5.41, 5.74) is 5.12. The van der Waals surface area contributed by atoms with Crippen LogP contribution in [-0.4, -0.2) is 47.5 Å². The lowest BCUT2D eigenvalue weighted by Crippen LogP contribution is -2.44. The average molecular weight is 295 g/mol. The predicted molar refractivity (Wildman–Crippen MR) is 80.8 cm³/mol. The van der Waals surface area contributed by atoms with Gasteiger partial charge >= 0.3 is 6.03 Å². The first-order valence-corrected chi connectivity index (χ1v) is 7.69. The molecule has 2 aliphatic rings. The number of nitrogens with zero attached hydrogens (tertiary/aromatic N) is 2. The van der Waals surface area contributed by atoms with Crippen molar-refractivity contribution in [2.24, 2.45) is 10.7 Å². The molecule has 118 valence electrons. The highest BCUT2D eigenvalue weighted by Crippen LogP contribution is 2.34. The molecule has 0 aromatic carbocycles. The summed E-state index contributed by atoms with van der Waals surface area (Å²) in [4.78, 5) is 29.8. The summed E-state index contributed by atoms with van der Waals surface area (Å²) in [6, 6.07) is -0.0437. The van der Waals surface area contributed by atoms with Crippen molar-refractivity contribution in [3.63, 3.8) is 0 Å². The van der Waals surface area contributed by atoms with E-state index in [9.17, 15) is 9.59 Å². The first kappa shape index (κ1) is 15.6. The summed E-state index contributed by atoms with van der Waals surface area (Å²) < 4.78 is 0. The van der Waals surface area contributed by atoms with Crippen LogP contribution in [0.5, 0.6) is 0 Å². The maximum absolute atomic E-state index is 12.4. The third-order valence-corrected chi connectivity index (χ3v) is 4.32. The first-order chi connectivity index (χ1) is 9.98. The first-order valence-electron chi connectivity index (χ1n) is 7.69. The molecule has 1 unspecified atom stereocenters. The molecule has 2 fully saturated rings. The van der Waals surface area contributed by atoms with Gasteiger partial charge in [0, 0.05) is 6.04 Å². The molecular formula is C14H25N5O2. The van der Waals surface area contributed by atoms with E-state index in [0.717, 1.165) is 32.1 Å². The largest absolute Gasteiger partial charge is 0.370 e. The van der Waals surface area contributed by atoms with Crippen LogP contribution < -0.4 is 16.4 Å². The molecule has 7 heteroatoms. The van der Waals surface area contributed by atoms with E-state index in [1.807, 2.05) is 6.92 Å². The van der Waals surface area contributed by atoms with Crippen LogP contribution in [0.25, 0.3) is 0 Å². The number of carbonyl (C=O) groups is 2. The van der Waals surface area contributed by atoms with Crippen LogP contribution in [0.15, 0.2) is 4.99 Å². The molecule has 0 bridgehead atoms. The molecule has 3 amide bonds. The molecule has 1 spiro atoms. The van der Waals surface area contributed by atoms with Gasteiger partial charge in [-0.05, 0) is 26.2 Å². The van der Waals surface area contributed by atoms with Gasteiger partial charge in [-0.25, -0.2) is 4.79 Å². The van der Waals surface area contributed by atoms with Gasteiger partial charge in [0.1, 0.15) is 5.54 Å². The maximum Gasteiger partial charge on any atom is 0.325 e. The van der Waals surface area contributed by atoms with E-state index in [4.69, 9.17) is 5.73 Å². The lowest BCUT2D eigenvalue weighted by Gasteiger charge is -2.19. The van der Waals surface area contributed by atoms with Crippen molar-refractivity contribution in [3.05, 3.63) is 0 Å². The monoisotopic (exact) mass is 295 g/mol. The third-order valence-electron chi connectivity index (χ3n) is 4.32. The van der Waals surface area contributed by atoms with E-state index in [1.165, 1.54) is 4.90 Å². The van der Waals surface area contributed by atoms with Gasteiger partial charge in [-0.2, -0.15) is 0 Å². The molecule has 0 radical (unpaired) electrons. The Bertz CT molecular complexity index is 443. The molecule has 21 heavy (non-hydrogen) atoms. The highest BCUT2D eigenvalue weighted by atomic mass is 16.2. The molecule has 7 nitrogen and oxygen atoms in total. The maximum atomic E-state index is 12.4. The van der Waals surface area contributed by atoms with Crippen LogP contribution in [0.4, 0.5) is 4.79 Å². The van der Waals surface area contributed by atoms with Gasteiger partial charge in [0.15, 0.2) is 5.96 Å². The highest BCUT2D eigenvalue weighted by Gasteiger charge is 2.52. The van der Waals surface area contributed by atoms with Gasteiger partial charge < -0.3 is 16.4 Å². The van der Waals surface area contributed by atoms with Crippen LogP contribution in [0, 0.1) is 0 Å². The summed E-state index contributed by atoms with van der Waals surface area (Å²) in [5, 5.41) is 5.90. The Kier molecular flexibility index (Phi) is 4.69. The van der Waals surface area contributed by atoms with Gasteiger partial charge in [0.25, 0.3) is 5.91 Å². The van der Waals surface area contributed by atoms with Gasteiger partial charge in [0.2, 0.25) is 0 Å². The topological polar surface area (TPSA) is 99.8 Å². The lowest BCUT2D eigenvalue weighted by molar-refractivity contribution is -0.131. The molecule has 0 aromatic heterocycles. The fraction of sp³-hybridized carbons (Fsp3) is 0.786. The van der Waals surface area contributed by atoms with Crippen LogP contribution in [0.1, 0.15) is 46.0 Å². The SMILES string of the molecule is CCC(C)NC(N)=NCCN1C(=O)NC2(CCCC2)C1=O. The second-order valence-corrected chi connectivity index (χ2v) is 5.90. The van der Waals surface area contributed by atoms with E-state index in [0.29, 0.717) is 12.5 Å². The number of guanidine groups is 1. The Morgan fingerprint density at radius 3 is 2.76 bits per heavy atom. The van der Waals surface area contributed by atoms with Crippen molar-refractivity contribution in [3.8, 4) is 0 Å². The van der Waals surface area contributed by atoms with Crippen LogP contribution in [-0.2, 0) is 4.79 Å². The van der Waals surface area contributed by atoms with Gasteiger partial charge in [0.05, 0.1) is 13.1 Å². The van der Waals surface area contributed by atoms with Crippen molar-refractivity contribution in [2.45, 2.75) is 57.5 Å². The molecule has 4 N–H and O–H groups in total. The molecular weight excluding hydrogens is 270 g/mol. The zero-order valence-electron chi connectivity index (χ0n) is 12.8. The molecule has 2 rings (SSSR count). The average Bonchev–Trinajstić information content (AvgIpc) is 2.99. The second kappa shape index (κ2) is 6.32. The summed E-state index contributed by atoms with van der Waals surface area (Å²) in [6.45, 7) is 4.67. The standard InChI is InChI=1S/C14H25N5O2/c1-3-10(2)17-12(15)16-8-9-19-11(20)14(18-13(19)21)6-4-5-7-14/h10H,3-9H2,1-2H3,(H,18,21)(H3,15,16,17). The second-order valence-electron chi connectivity index (χ2n) is 5.90. The molecule has 1 saturated carbocycles. The molecule has 0 aromatic rings.